The molecule has 1 aromatic carbocycles. The summed E-state index contributed by atoms with van der Waals surface area (Å²) in [5, 5.41) is 0.569. The van der Waals surface area contributed by atoms with Crippen molar-refractivity contribution in [3.05, 3.63) is 52.9 Å². The number of hydrogen-bond acceptors (Lipinski definition) is 5. The molecule has 0 saturated carbocycles. The molecule has 0 amide bonds. The van der Waals surface area contributed by atoms with Crippen LogP contribution in [0.2, 0.25) is 5.02 Å². The van der Waals surface area contributed by atoms with Crippen LogP contribution in [0.25, 0.3) is 0 Å². The van der Waals surface area contributed by atoms with Crippen LogP contribution in [0.4, 0.5) is 15.9 Å². The van der Waals surface area contributed by atoms with Gasteiger partial charge in [0.1, 0.15) is 29.6 Å². The summed E-state index contributed by atoms with van der Waals surface area (Å²) in [6.45, 7) is 7.33. The Morgan fingerprint density at radius 1 is 1.32 bits per heavy atom. The second-order valence-electron chi connectivity index (χ2n) is 7.37. The molecule has 1 atom stereocenters. The number of nitrogens with two attached hydrogens (primary N) is 1. The van der Waals surface area contributed by atoms with E-state index in [9.17, 15) is 4.39 Å². The Bertz CT molecular complexity index is 845. The second kappa shape index (κ2) is 9.07. The summed E-state index contributed by atoms with van der Waals surface area (Å²) >= 11 is 5.98. The predicted octanol–water partition coefficient (Wildman–Crippen LogP) is 4.69. The van der Waals surface area contributed by atoms with Gasteiger partial charge in [-0.3, -0.25) is 4.99 Å². The van der Waals surface area contributed by atoms with Crippen LogP contribution in [0, 0.1) is 11.7 Å². The van der Waals surface area contributed by atoms with E-state index in [4.69, 9.17) is 22.1 Å². The number of hydrogen-bond donors (Lipinski definition) is 1. The zero-order valence-electron chi connectivity index (χ0n) is 16.2. The van der Waals surface area contributed by atoms with Crippen molar-refractivity contribution in [2.75, 3.05) is 24.7 Å². The molecule has 5 nitrogen and oxygen atoms in total. The third-order valence-electron chi connectivity index (χ3n) is 4.40. The van der Waals surface area contributed by atoms with Gasteiger partial charge >= 0.3 is 0 Å². The van der Waals surface area contributed by atoms with E-state index < -0.39 is 5.54 Å². The zero-order valence-corrected chi connectivity index (χ0v) is 17.7. The van der Waals surface area contributed by atoms with Crippen molar-refractivity contribution < 1.29 is 9.13 Å². The molecule has 0 saturated heterocycles. The van der Waals surface area contributed by atoms with Crippen molar-refractivity contribution in [1.82, 2.24) is 4.98 Å². The van der Waals surface area contributed by atoms with Gasteiger partial charge in [-0.15, -0.1) is 12.4 Å². The number of nitrogens with zero attached hydrogens (tertiary/aromatic N) is 3. The van der Waals surface area contributed by atoms with E-state index in [2.05, 4.69) is 23.8 Å². The first kappa shape index (κ1) is 22.4. The van der Waals surface area contributed by atoms with Crippen LogP contribution in [0.3, 0.4) is 0 Å². The highest BCUT2D eigenvalue weighted by molar-refractivity contribution is 6.30. The number of anilines is 2. The minimum absolute atomic E-state index is 0. The monoisotopic (exact) mass is 426 g/mol. The standard InChI is InChI=1S/C20H24ClFN4O.ClH/c1-13(2)10-26(19-7-4-14(21)9-24-19)15-5-6-17(22)16(8-15)20(3)12-27-11-18(23)25-20;/h4-9,13H,10-12H2,1-3H3,(H2,23,25);1H/t20-;/m0./s1. The molecule has 28 heavy (non-hydrogen) atoms. The minimum atomic E-state index is -0.862. The molecule has 0 radical (unpaired) electrons. The van der Waals surface area contributed by atoms with Crippen molar-refractivity contribution in [3.8, 4) is 0 Å². The van der Waals surface area contributed by atoms with E-state index in [-0.39, 0.29) is 31.4 Å². The van der Waals surface area contributed by atoms with E-state index >= 15 is 0 Å². The largest absolute Gasteiger partial charge is 0.386 e. The highest BCUT2D eigenvalue weighted by Crippen LogP contribution is 2.35. The first-order chi connectivity index (χ1) is 12.8. The number of aromatic nitrogens is 1. The third-order valence-corrected chi connectivity index (χ3v) is 4.62. The summed E-state index contributed by atoms with van der Waals surface area (Å²) in [6, 6.07) is 8.66. The lowest BCUT2D eigenvalue weighted by Gasteiger charge is -2.32. The summed E-state index contributed by atoms with van der Waals surface area (Å²) < 4.78 is 20.2. The Morgan fingerprint density at radius 3 is 2.68 bits per heavy atom. The first-order valence-corrected chi connectivity index (χ1v) is 9.27. The molecule has 1 aliphatic rings. The molecule has 2 aromatic rings. The summed E-state index contributed by atoms with van der Waals surface area (Å²) in [4.78, 5) is 10.9. The Kier molecular flexibility index (Phi) is 7.26. The second-order valence-corrected chi connectivity index (χ2v) is 7.81. The molecule has 0 bridgehead atoms. The fourth-order valence-electron chi connectivity index (χ4n) is 3.19. The Balaban J connectivity index is 0.00000280. The third kappa shape index (κ3) is 4.93. The molecule has 1 aliphatic heterocycles. The van der Waals surface area contributed by atoms with Crippen LogP contribution in [-0.2, 0) is 10.3 Å². The number of ether oxygens (including phenoxy) is 1. The van der Waals surface area contributed by atoms with Crippen molar-refractivity contribution in [2.45, 2.75) is 26.3 Å². The Morgan fingerprint density at radius 2 is 2.07 bits per heavy atom. The molecular formula is C20H25Cl2FN4O. The van der Waals surface area contributed by atoms with Gasteiger partial charge in [0.2, 0.25) is 0 Å². The lowest BCUT2D eigenvalue weighted by Crippen LogP contribution is -2.38. The topological polar surface area (TPSA) is 63.7 Å². The van der Waals surface area contributed by atoms with Crippen LogP contribution < -0.4 is 10.6 Å². The zero-order chi connectivity index (χ0) is 19.6. The molecule has 1 aromatic heterocycles. The Labute approximate surface area is 176 Å². The number of amidine groups is 1. The molecule has 0 spiro atoms. The summed E-state index contributed by atoms with van der Waals surface area (Å²) in [5.41, 5.74) is 6.25. The molecule has 0 fully saturated rings. The van der Waals surface area contributed by atoms with Crippen LogP contribution in [0.15, 0.2) is 41.5 Å². The first-order valence-electron chi connectivity index (χ1n) is 8.89. The molecule has 152 valence electrons. The van der Waals surface area contributed by atoms with Gasteiger partial charge in [-0.1, -0.05) is 25.4 Å². The van der Waals surface area contributed by atoms with Crippen molar-refractivity contribution in [1.29, 1.82) is 0 Å². The van der Waals surface area contributed by atoms with Crippen molar-refractivity contribution in [3.63, 3.8) is 0 Å². The van der Waals surface area contributed by atoms with Gasteiger partial charge in [0.15, 0.2) is 0 Å². The van der Waals surface area contributed by atoms with Gasteiger partial charge in [-0.25, -0.2) is 9.37 Å². The molecule has 2 heterocycles. The van der Waals surface area contributed by atoms with Gasteiger partial charge in [0.25, 0.3) is 0 Å². The molecule has 0 unspecified atom stereocenters. The molecular weight excluding hydrogens is 402 g/mol. The number of rotatable bonds is 5. The number of benzene rings is 1. The van der Waals surface area contributed by atoms with E-state index in [0.717, 1.165) is 18.1 Å². The van der Waals surface area contributed by atoms with Gasteiger partial charge in [-0.2, -0.15) is 0 Å². The van der Waals surface area contributed by atoms with E-state index in [0.29, 0.717) is 22.3 Å². The van der Waals surface area contributed by atoms with Crippen molar-refractivity contribution >= 4 is 41.3 Å². The maximum atomic E-state index is 14.7. The number of halogens is 3. The van der Waals surface area contributed by atoms with Gasteiger partial charge in [0, 0.05) is 24.0 Å². The van der Waals surface area contributed by atoms with E-state index in [1.165, 1.54) is 6.07 Å². The maximum absolute atomic E-state index is 14.7. The average molecular weight is 427 g/mol. The highest BCUT2D eigenvalue weighted by Gasteiger charge is 2.33. The number of aliphatic imine (C=N–C) groups is 1. The maximum Gasteiger partial charge on any atom is 0.133 e. The summed E-state index contributed by atoms with van der Waals surface area (Å²) in [5.74, 6) is 1.15. The van der Waals surface area contributed by atoms with Crippen LogP contribution >= 0.6 is 24.0 Å². The normalized spacial score (nSPS) is 19.1. The molecule has 2 N–H and O–H groups in total. The minimum Gasteiger partial charge on any atom is -0.386 e. The van der Waals surface area contributed by atoms with Gasteiger partial charge in [0.05, 0.1) is 11.6 Å². The van der Waals surface area contributed by atoms with Gasteiger partial charge in [-0.05, 0) is 43.2 Å². The Hall–Kier alpha value is -1.89. The quantitative estimate of drug-likeness (QED) is 0.752. The molecule has 3 rings (SSSR count). The van der Waals surface area contributed by atoms with E-state index in [1.54, 1.807) is 24.4 Å². The SMILES string of the molecule is CC(C)CN(c1ccc(F)c([C@]2(C)COCC(N)=N2)c1)c1ccc(Cl)cn1.Cl. The molecule has 8 heteroatoms. The lowest BCUT2D eigenvalue weighted by molar-refractivity contribution is 0.104. The lowest BCUT2D eigenvalue weighted by atomic mass is 9.91. The summed E-state index contributed by atoms with van der Waals surface area (Å²) in [7, 11) is 0. The van der Waals surface area contributed by atoms with Crippen LogP contribution in [0.1, 0.15) is 26.3 Å². The highest BCUT2D eigenvalue weighted by atomic mass is 35.5. The fraction of sp³-hybridized carbons (Fsp3) is 0.400. The summed E-state index contributed by atoms with van der Waals surface area (Å²) in [6.07, 6.45) is 1.61. The average Bonchev–Trinajstić information content (AvgIpc) is 2.60. The predicted molar refractivity (Wildman–Crippen MR) is 115 cm³/mol. The van der Waals surface area contributed by atoms with Crippen LogP contribution in [0.5, 0.6) is 0 Å². The fourth-order valence-corrected chi connectivity index (χ4v) is 3.30. The van der Waals surface area contributed by atoms with Crippen LogP contribution in [-0.4, -0.2) is 30.6 Å². The smallest absolute Gasteiger partial charge is 0.133 e. The van der Waals surface area contributed by atoms with Gasteiger partial charge < -0.3 is 15.4 Å². The van der Waals surface area contributed by atoms with Crippen molar-refractivity contribution in [2.24, 2.45) is 16.6 Å². The van der Waals surface area contributed by atoms with E-state index in [1.807, 2.05) is 17.9 Å². The molecule has 0 aliphatic carbocycles. The number of pyridine rings is 1.